The van der Waals surface area contributed by atoms with Crippen LogP contribution in [0.15, 0.2) is 52.1 Å². The zero-order valence-electron chi connectivity index (χ0n) is 18.5. The van der Waals surface area contributed by atoms with E-state index in [1.807, 2.05) is 31.2 Å². The van der Waals surface area contributed by atoms with E-state index in [4.69, 9.17) is 9.15 Å². The van der Waals surface area contributed by atoms with E-state index < -0.39 is 0 Å². The first-order valence-electron chi connectivity index (χ1n) is 10.3. The van der Waals surface area contributed by atoms with Crippen molar-refractivity contribution < 1.29 is 13.9 Å². The Bertz CT molecular complexity index is 766. The molecule has 2 aromatic rings. The van der Waals surface area contributed by atoms with Crippen molar-refractivity contribution in [2.75, 3.05) is 52.3 Å². The van der Waals surface area contributed by atoms with Gasteiger partial charge in [-0.15, -0.1) is 24.0 Å². The van der Waals surface area contributed by atoms with Gasteiger partial charge in [-0.1, -0.05) is 12.1 Å². The monoisotopic (exact) mass is 543 g/mol. The molecule has 8 nitrogen and oxygen atoms in total. The van der Waals surface area contributed by atoms with Crippen LogP contribution in [0.5, 0.6) is 0 Å². The molecule has 3 N–H and O–H groups in total. The molecule has 1 aromatic heterocycles. The number of halogens is 1. The molecule has 0 aliphatic rings. The summed E-state index contributed by atoms with van der Waals surface area (Å²) in [5, 5.41) is 9.44. The Morgan fingerprint density at radius 1 is 1.16 bits per heavy atom. The van der Waals surface area contributed by atoms with Crippen LogP contribution in [-0.2, 0) is 11.3 Å². The minimum atomic E-state index is -0.267. The van der Waals surface area contributed by atoms with Gasteiger partial charge in [-0.2, -0.15) is 0 Å². The Labute approximate surface area is 201 Å². The maximum absolute atomic E-state index is 12.0. The second kappa shape index (κ2) is 15.7. The van der Waals surface area contributed by atoms with Crippen LogP contribution in [0.2, 0.25) is 0 Å². The number of hydrogen-bond acceptors (Lipinski definition) is 5. The van der Waals surface area contributed by atoms with Crippen molar-refractivity contribution in [3.63, 3.8) is 0 Å². The predicted octanol–water partition coefficient (Wildman–Crippen LogP) is 3.17. The summed E-state index contributed by atoms with van der Waals surface area (Å²) in [4.78, 5) is 18.9. The van der Waals surface area contributed by atoms with Crippen LogP contribution in [-0.4, -0.2) is 63.7 Å². The highest BCUT2D eigenvalue weighted by Gasteiger charge is 2.08. The van der Waals surface area contributed by atoms with Gasteiger partial charge in [-0.25, -0.2) is 4.99 Å². The Balaban J connectivity index is 0.00000480. The van der Waals surface area contributed by atoms with E-state index in [2.05, 4.69) is 32.9 Å². The maximum atomic E-state index is 12.0. The average molecular weight is 543 g/mol. The summed E-state index contributed by atoms with van der Waals surface area (Å²) < 4.78 is 10.2. The van der Waals surface area contributed by atoms with Crippen LogP contribution in [0, 0.1) is 0 Å². The second-order valence-corrected chi connectivity index (χ2v) is 6.90. The Morgan fingerprint density at radius 3 is 2.58 bits per heavy atom. The lowest BCUT2D eigenvalue weighted by molar-refractivity contribution is 0.0996. The molecular weight excluding hydrogens is 509 g/mol. The molecule has 172 valence electrons. The van der Waals surface area contributed by atoms with Gasteiger partial charge in [0.1, 0.15) is 0 Å². The van der Waals surface area contributed by atoms with E-state index in [0.29, 0.717) is 12.2 Å². The fourth-order valence-corrected chi connectivity index (χ4v) is 2.76. The number of aliphatic imine (C=N–C) groups is 1. The highest BCUT2D eigenvalue weighted by Crippen LogP contribution is 2.12. The second-order valence-electron chi connectivity index (χ2n) is 6.90. The third-order valence-corrected chi connectivity index (χ3v) is 4.40. The lowest BCUT2D eigenvalue weighted by Crippen LogP contribution is -2.41. The number of methoxy groups -OCH3 is 1. The summed E-state index contributed by atoms with van der Waals surface area (Å²) in [6, 6.07) is 10.9. The van der Waals surface area contributed by atoms with E-state index in [1.165, 1.54) is 6.26 Å². The van der Waals surface area contributed by atoms with Gasteiger partial charge in [0.15, 0.2) is 11.7 Å². The molecule has 0 aliphatic carbocycles. The number of anilines is 1. The Kier molecular flexibility index (Phi) is 13.6. The number of benzene rings is 1. The first-order valence-corrected chi connectivity index (χ1v) is 10.3. The number of ether oxygens (including phenoxy) is 1. The average Bonchev–Trinajstić information content (AvgIpc) is 3.28. The molecule has 1 heterocycles. The normalized spacial score (nSPS) is 11.2. The minimum Gasteiger partial charge on any atom is -0.459 e. The van der Waals surface area contributed by atoms with Crippen LogP contribution in [0.3, 0.4) is 0 Å². The predicted molar refractivity (Wildman–Crippen MR) is 135 cm³/mol. The molecule has 9 heteroatoms. The fraction of sp³-hybridized carbons (Fsp3) is 0.455. The number of likely N-dealkylation sites (N-methyl/N-ethyl adjacent to an activating group) is 1. The topological polar surface area (TPSA) is 91.1 Å². The van der Waals surface area contributed by atoms with E-state index in [1.54, 1.807) is 19.2 Å². The molecule has 0 fully saturated rings. The van der Waals surface area contributed by atoms with Crippen molar-refractivity contribution in [3.8, 4) is 0 Å². The van der Waals surface area contributed by atoms with Gasteiger partial charge in [0.05, 0.1) is 12.8 Å². The number of guanidine groups is 1. The van der Waals surface area contributed by atoms with Crippen molar-refractivity contribution >= 4 is 41.5 Å². The number of nitrogens with one attached hydrogen (secondary N) is 3. The van der Waals surface area contributed by atoms with Gasteiger partial charge in [-0.05, 0) is 50.2 Å². The Morgan fingerprint density at radius 2 is 1.94 bits per heavy atom. The maximum Gasteiger partial charge on any atom is 0.291 e. The largest absolute Gasteiger partial charge is 0.459 e. The summed E-state index contributed by atoms with van der Waals surface area (Å²) >= 11 is 0. The van der Waals surface area contributed by atoms with E-state index in [0.717, 1.165) is 50.7 Å². The van der Waals surface area contributed by atoms with Gasteiger partial charge in [-0.3, -0.25) is 4.79 Å². The highest BCUT2D eigenvalue weighted by molar-refractivity contribution is 14.0. The van der Waals surface area contributed by atoms with Gasteiger partial charge in [0, 0.05) is 45.6 Å². The van der Waals surface area contributed by atoms with Gasteiger partial charge < -0.3 is 30.0 Å². The number of furan rings is 1. The summed E-state index contributed by atoms with van der Waals surface area (Å²) in [6.45, 7) is 6.92. The smallest absolute Gasteiger partial charge is 0.291 e. The minimum absolute atomic E-state index is 0. The molecule has 0 saturated heterocycles. The first-order chi connectivity index (χ1) is 14.6. The van der Waals surface area contributed by atoms with Gasteiger partial charge in [0.2, 0.25) is 0 Å². The zero-order valence-corrected chi connectivity index (χ0v) is 20.8. The lowest BCUT2D eigenvalue weighted by Gasteiger charge is -2.18. The molecule has 0 radical (unpaired) electrons. The summed E-state index contributed by atoms with van der Waals surface area (Å²) in [5.41, 5.74) is 1.77. The number of nitrogens with zero attached hydrogens (tertiary/aromatic N) is 2. The van der Waals surface area contributed by atoms with Crippen molar-refractivity contribution in [1.29, 1.82) is 0 Å². The fourth-order valence-electron chi connectivity index (χ4n) is 2.76. The van der Waals surface area contributed by atoms with Crippen LogP contribution in [0.1, 0.15) is 29.5 Å². The number of carbonyl (C=O) groups excluding carboxylic acids is 1. The number of rotatable bonds is 12. The molecule has 0 atom stereocenters. The molecule has 0 unspecified atom stereocenters. The SMILES string of the molecule is CCNC(=NCc1ccc(NC(=O)c2ccco2)cc1)NCCN(C)CCCOC.I. The molecule has 2 rings (SSSR count). The lowest BCUT2D eigenvalue weighted by atomic mass is 10.2. The molecule has 0 saturated carbocycles. The standard InChI is InChI=1S/C22H33N5O3.HI/c1-4-23-22(24-12-14-27(2)13-6-15-29-3)25-17-18-8-10-19(11-9-18)26-21(28)20-7-5-16-30-20;/h5,7-11,16H,4,6,12-15,17H2,1-3H3,(H,26,28)(H2,23,24,25);1H. The zero-order chi connectivity index (χ0) is 21.6. The van der Waals surface area contributed by atoms with Gasteiger partial charge >= 0.3 is 0 Å². The van der Waals surface area contributed by atoms with E-state index >= 15 is 0 Å². The first kappa shape index (κ1) is 26.9. The molecule has 0 spiro atoms. The third kappa shape index (κ3) is 10.7. The van der Waals surface area contributed by atoms with E-state index in [9.17, 15) is 4.79 Å². The molecule has 0 aliphatic heterocycles. The summed E-state index contributed by atoms with van der Waals surface area (Å²) in [7, 11) is 3.83. The quantitative estimate of drug-likeness (QED) is 0.165. The van der Waals surface area contributed by atoms with Crippen LogP contribution in [0.25, 0.3) is 0 Å². The van der Waals surface area contributed by atoms with Crippen LogP contribution >= 0.6 is 24.0 Å². The third-order valence-electron chi connectivity index (χ3n) is 4.40. The van der Waals surface area contributed by atoms with E-state index in [-0.39, 0.29) is 35.6 Å². The van der Waals surface area contributed by atoms with Crippen molar-refractivity contribution in [1.82, 2.24) is 15.5 Å². The molecular formula is C22H34IN5O3. The van der Waals surface area contributed by atoms with Gasteiger partial charge in [0.25, 0.3) is 5.91 Å². The summed E-state index contributed by atoms with van der Waals surface area (Å²) in [6.07, 6.45) is 2.50. The molecule has 31 heavy (non-hydrogen) atoms. The molecule has 1 amide bonds. The van der Waals surface area contributed by atoms with Crippen LogP contribution < -0.4 is 16.0 Å². The number of carbonyl (C=O) groups is 1. The highest BCUT2D eigenvalue weighted by atomic mass is 127. The molecule has 1 aromatic carbocycles. The number of hydrogen-bond donors (Lipinski definition) is 3. The van der Waals surface area contributed by atoms with Crippen molar-refractivity contribution in [2.45, 2.75) is 19.9 Å². The molecule has 0 bridgehead atoms. The summed E-state index contributed by atoms with van der Waals surface area (Å²) in [5.74, 6) is 0.809. The van der Waals surface area contributed by atoms with Crippen LogP contribution in [0.4, 0.5) is 5.69 Å². The van der Waals surface area contributed by atoms with Crippen molar-refractivity contribution in [2.24, 2.45) is 4.99 Å². The Hall–Kier alpha value is -2.11. The number of amides is 1. The van der Waals surface area contributed by atoms with Crippen molar-refractivity contribution in [3.05, 3.63) is 54.0 Å².